The first-order chi connectivity index (χ1) is 7.67. The zero-order valence-corrected chi connectivity index (χ0v) is 10.2. The monoisotopic (exact) mass is 244 g/mol. The maximum atomic E-state index is 11.7. The van der Waals surface area contributed by atoms with Crippen LogP contribution in [0.25, 0.3) is 0 Å². The molecule has 0 aromatic heterocycles. The third kappa shape index (κ3) is 2.26. The van der Waals surface area contributed by atoms with Crippen LogP contribution in [0.1, 0.15) is 26.2 Å². The van der Waals surface area contributed by atoms with Gasteiger partial charge in [0.25, 0.3) is 0 Å². The molecule has 1 aliphatic carbocycles. The van der Waals surface area contributed by atoms with E-state index in [0.29, 0.717) is 38.2 Å². The van der Waals surface area contributed by atoms with E-state index in [4.69, 9.17) is 14.2 Å². The molecule has 0 radical (unpaired) electrons. The average Bonchev–Trinajstić information content (AvgIpc) is 2.71. The Kier molecular flexibility index (Phi) is 3.56. The Morgan fingerprint density at radius 3 is 2.81 bits per heavy atom. The van der Waals surface area contributed by atoms with Crippen molar-refractivity contribution >= 4 is 18.6 Å². The maximum Gasteiger partial charge on any atom is 0.334 e. The second kappa shape index (κ2) is 4.77. The number of carbonyl (C=O) groups is 1. The Morgan fingerprint density at radius 1 is 1.50 bits per heavy atom. The molecule has 0 aromatic rings. The zero-order valence-electron chi connectivity index (χ0n) is 9.32. The van der Waals surface area contributed by atoms with E-state index < -0.39 is 5.79 Å². The summed E-state index contributed by atoms with van der Waals surface area (Å²) >= 11 is 4.33. The summed E-state index contributed by atoms with van der Waals surface area (Å²) < 4.78 is 16.2. The lowest BCUT2D eigenvalue weighted by Crippen LogP contribution is -2.35. The van der Waals surface area contributed by atoms with Crippen LogP contribution >= 0.6 is 12.6 Å². The Labute approximate surface area is 100 Å². The fourth-order valence-electron chi connectivity index (χ4n) is 2.07. The van der Waals surface area contributed by atoms with Gasteiger partial charge in [0.1, 0.15) is 0 Å². The summed E-state index contributed by atoms with van der Waals surface area (Å²) in [5.41, 5.74) is 0.596. The van der Waals surface area contributed by atoms with E-state index in [-0.39, 0.29) is 5.97 Å². The summed E-state index contributed by atoms with van der Waals surface area (Å²) in [7, 11) is 0. The van der Waals surface area contributed by atoms with Crippen LogP contribution in [-0.2, 0) is 19.0 Å². The van der Waals surface area contributed by atoms with Crippen molar-refractivity contribution in [2.45, 2.75) is 32.0 Å². The summed E-state index contributed by atoms with van der Waals surface area (Å²) in [6, 6.07) is 0. The SMILES string of the molecule is CCOC(=O)C1=C(S)CCC2(C1)OCCO2. The highest BCUT2D eigenvalue weighted by Crippen LogP contribution is 2.40. The Morgan fingerprint density at radius 2 is 2.19 bits per heavy atom. The minimum Gasteiger partial charge on any atom is -0.463 e. The molecular formula is C11H16O4S. The van der Waals surface area contributed by atoms with Crippen LogP contribution in [0.3, 0.4) is 0 Å². The lowest BCUT2D eigenvalue weighted by atomic mass is 9.93. The molecule has 1 heterocycles. The van der Waals surface area contributed by atoms with Crippen molar-refractivity contribution in [1.82, 2.24) is 0 Å². The minimum absolute atomic E-state index is 0.300. The Hall–Kier alpha value is -0.520. The Balaban J connectivity index is 2.13. The number of esters is 1. The highest BCUT2D eigenvalue weighted by molar-refractivity contribution is 7.84. The predicted octanol–water partition coefficient (Wildman–Crippen LogP) is 1.66. The van der Waals surface area contributed by atoms with E-state index in [1.165, 1.54) is 0 Å². The highest BCUT2D eigenvalue weighted by Gasteiger charge is 2.42. The van der Waals surface area contributed by atoms with Gasteiger partial charge in [-0.1, -0.05) is 0 Å². The van der Waals surface area contributed by atoms with Gasteiger partial charge in [-0.25, -0.2) is 4.79 Å². The first-order valence-electron chi connectivity index (χ1n) is 5.53. The molecule has 0 amide bonds. The molecule has 0 saturated carbocycles. The second-order valence-corrected chi connectivity index (χ2v) is 4.47. The first-order valence-corrected chi connectivity index (χ1v) is 5.97. The van der Waals surface area contributed by atoms with Gasteiger partial charge in [0, 0.05) is 12.8 Å². The largest absolute Gasteiger partial charge is 0.463 e. The lowest BCUT2D eigenvalue weighted by Gasteiger charge is -2.32. The molecule has 0 aromatic carbocycles. The highest BCUT2D eigenvalue weighted by atomic mass is 32.1. The predicted molar refractivity (Wildman–Crippen MR) is 61.1 cm³/mol. The number of hydrogen-bond acceptors (Lipinski definition) is 5. The van der Waals surface area contributed by atoms with E-state index in [0.717, 1.165) is 11.3 Å². The van der Waals surface area contributed by atoms with Crippen LogP contribution in [0.4, 0.5) is 0 Å². The van der Waals surface area contributed by atoms with Crippen molar-refractivity contribution in [1.29, 1.82) is 0 Å². The minimum atomic E-state index is -0.603. The van der Waals surface area contributed by atoms with Crippen molar-refractivity contribution in [3.05, 3.63) is 10.5 Å². The Bertz CT molecular complexity index is 318. The molecule has 2 rings (SSSR count). The lowest BCUT2D eigenvalue weighted by molar-refractivity contribution is -0.167. The molecule has 1 fully saturated rings. The fraction of sp³-hybridized carbons (Fsp3) is 0.727. The van der Waals surface area contributed by atoms with Crippen molar-refractivity contribution in [3.63, 3.8) is 0 Å². The average molecular weight is 244 g/mol. The number of ether oxygens (including phenoxy) is 3. The van der Waals surface area contributed by atoms with Gasteiger partial charge in [-0.15, -0.1) is 12.6 Å². The summed E-state index contributed by atoms with van der Waals surface area (Å²) in [5, 5.41) is 0. The van der Waals surface area contributed by atoms with Crippen LogP contribution < -0.4 is 0 Å². The van der Waals surface area contributed by atoms with Crippen molar-refractivity contribution in [2.75, 3.05) is 19.8 Å². The van der Waals surface area contributed by atoms with Crippen molar-refractivity contribution in [2.24, 2.45) is 0 Å². The standard InChI is InChI=1S/C11H16O4S/c1-2-13-10(12)8-7-11(4-3-9(8)16)14-5-6-15-11/h16H,2-7H2,1H3. The van der Waals surface area contributed by atoms with E-state index >= 15 is 0 Å². The second-order valence-electron chi connectivity index (χ2n) is 3.93. The van der Waals surface area contributed by atoms with E-state index in [1.54, 1.807) is 6.92 Å². The van der Waals surface area contributed by atoms with E-state index in [2.05, 4.69) is 12.6 Å². The first kappa shape index (κ1) is 12.0. The van der Waals surface area contributed by atoms with Crippen LogP contribution in [0, 0.1) is 0 Å². The molecule has 2 aliphatic rings. The molecule has 4 nitrogen and oxygen atoms in total. The normalized spacial score (nSPS) is 23.9. The number of allylic oxidation sites excluding steroid dienone is 1. The molecular weight excluding hydrogens is 228 g/mol. The summed E-state index contributed by atoms with van der Waals surface area (Å²) in [6.45, 7) is 3.35. The van der Waals surface area contributed by atoms with Gasteiger partial charge >= 0.3 is 5.97 Å². The maximum absolute atomic E-state index is 11.7. The molecule has 1 saturated heterocycles. The van der Waals surface area contributed by atoms with Crippen molar-refractivity contribution in [3.8, 4) is 0 Å². The summed E-state index contributed by atoms with van der Waals surface area (Å²) in [5.74, 6) is -0.903. The van der Waals surface area contributed by atoms with Crippen LogP contribution in [0.15, 0.2) is 10.5 Å². The number of hydrogen-bond donors (Lipinski definition) is 1. The quantitative estimate of drug-likeness (QED) is 0.592. The number of rotatable bonds is 2. The van der Waals surface area contributed by atoms with Crippen LogP contribution in [-0.4, -0.2) is 31.6 Å². The molecule has 1 spiro atoms. The van der Waals surface area contributed by atoms with Crippen molar-refractivity contribution < 1.29 is 19.0 Å². The van der Waals surface area contributed by atoms with Gasteiger partial charge < -0.3 is 14.2 Å². The molecule has 0 unspecified atom stereocenters. The third-order valence-corrected chi connectivity index (χ3v) is 3.37. The van der Waals surface area contributed by atoms with Gasteiger partial charge in [0.05, 0.1) is 25.4 Å². The zero-order chi connectivity index (χ0) is 11.6. The van der Waals surface area contributed by atoms with Gasteiger partial charge in [-0.05, 0) is 18.2 Å². The van der Waals surface area contributed by atoms with E-state index in [1.807, 2.05) is 0 Å². The fourth-order valence-corrected chi connectivity index (χ4v) is 2.35. The van der Waals surface area contributed by atoms with Gasteiger partial charge in [0.2, 0.25) is 0 Å². The molecule has 5 heteroatoms. The van der Waals surface area contributed by atoms with Gasteiger partial charge in [-0.3, -0.25) is 0 Å². The van der Waals surface area contributed by atoms with Gasteiger partial charge in [0.15, 0.2) is 5.79 Å². The topological polar surface area (TPSA) is 44.8 Å². The smallest absolute Gasteiger partial charge is 0.334 e. The summed E-state index contributed by atoms with van der Waals surface area (Å²) in [4.78, 5) is 12.5. The molecule has 0 atom stereocenters. The molecule has 90 valence electrons. The third-order valence-electron chi connectivity index (χ3n) is 2.87. The number of carbonyl (C=O) groups excluding carboxylic acids is 1. The van der Waals surface area contributed by atoms with E-state index in [9.17, 15) is 4.79 Å². The number of thiol groups is 1. The summed E-state index contributed by atoms with van der Waals surface area (Å²) in [6.07, 6.45) is 1.91. The molecule has 0 bridgehead atoms. The van der Waals surface area contributed by atoms with Crippen LogP contribution in [0.2, 0.25) is 0 Å². The molecule has 0 N–H and O–H groups in total. The molecule has 16 heavy (non-hydrogen) atoms. The van der Waals surface area contributed by atoms with Gasteiger partial charge in [-0.2, -0.15) is 0 Å². The molecule has 1 aliphatic heterocycles. The van der Waals surface area contributed by atoms with Crippen LogP contribution in [0.5, 0.6) is 0 Å².